The van der Waals surface area contributed by atoms with E-state index in [1.807, 2.05) is 55.5 Å². The Labute approximate surface area is 118 Å². The van der Waals surface area contributed by atoms with E-state index in [9.17, 15) is 0 Å². The van der Waals surface area contributed by atoms with Crippen LogP contribution in [0.3, 0.4) is 0 Å². The first-order chi connectivity index (χ1) is 9.16. The second-order valence-corrected chi connectivity index (χ2v) is 4.61. The van der Waals surface area contributed by atoms with E-state index < -0.39 is 0 Å². The van der Waals surface area contributed by atoms with Gasteiger partial charge in [0.2, 0.25) is 0 Å². The van der Waals surface area contributed by atoms with Gasteiger partial charge in [-0.25, -0.2) is 0 Å². The van der Waals surface area contributed by atoms with Gasteiger partial charge in [-0.2, -0.15) is 5.10 Å². The quantitative estimate of drug-likeness (QED) is 0.511. The van der Waals surface area contributed by atoms with Crippen molar-refractivity contribution in [3.8, 4) is 0 Å². The maximum Gasteiger partial charge on any atom is 0.184 e. The monoisotopic (exact) mass is 269 g/mol. The molecule has 0 aliphatic carbocycles. The molecule has 0 unspecified atom stereocenters. The minimum absolute atomic E-state index is 0.154. The van der Waals surface area contributed by atoms with Crippen molar-refractivity contribution in [2.45, 2.75) is 6.92 Å². The van der Waals surface area contributed by atoms with Gasteiger partial charge < -0.3 is 5.73 Å². The van der Waals surface area contributed by atoms with Crippen molar-refractivity contribution in [1.82, 2.24) is 5.43 Å². The third-order valence-corrected chi connectivity index (χ3v) is 2.71. The number of hydrogen-bond donors (Lipinski definition) is 2. The molecule has 2 rings (SSSR count). The van der Waals surface area contributed by atoms with Crippen molar-refractivity contribution in [3.63, 3.8) is 0 Å². The summed E-state index contributed by atoms with van der Waals surface area (Å²) in [6.07, 6.45) is 0. The zero-order chi connectivity index (χ0) is 13.7. The molecule has 3 N–H and O–H groups in total. The van der Waals surface area contributed by atoms with Gasteiger partial charge in [-0.15, -0.1) is 0 Å². The standard InChI is InChI=1S/C15H15N3S/c1-11-6-5-9-13(10-11)14(17-18-15(16)19)12-7-3-2-4-8-12/h2-10H,1H3,(H3,16,18,19). The second kappa shape index (κ2) is 6.11. The predicted molar refractivity (Wildman–Crippen MR) is 83.2 cm³/mol. The molecular weight excluding hydrogens is 254 g/mol. The summed E-state index contributed by atoms with van der Waals surface area (Å²) in [5.74, 6) is 0. The molecular formula is C15H15N3S. The average molecular weight is 269 g/mol. The van der Waals surface area contributed by atoms with Crippen LogP contribution in [0.2, 0.25) is 0 Å². The van der Waals surface area contributed by atoms with Gasteiger partial charge in [0.05, 0.1) is 5.71 Å². The molecule has 2 aromatic rings. The highest BCUT2D eigenvalue weighted by Crippen LogP contribution is 2.12. The number of hydrazone groups is 1. The molecule has 4 heteroatoms. The van der Waals surface area contributed by atoms with E-state index in [-0.39, 0.29) is 5.11 Å². The molecule has 96 valence electrons. The van der Waals surface area contributed by atoms with Crippen molar-refractivity contribution in [2.75, 3.05) is 0 Å². The zero-order valence-electron chi connectivity index (χ0n) is 10.6. The van der Waals surface area contributed by atoms with E-state index in [4.69, 9.17) is 18.0 Å². The van der Waals surface area contributed by atoms with Crippen LogP contribution in [0.25, 0.3) is 0 Å². The van der Waals surface area contributed by atoms with E-state index in [1.165, 1.54) is 5.56 Å². The number of nitrogens with zero attached hydrogens (tertiary/aromatic N) is 1. The predicted octanol–water partition coefficient (Wildman–Crippen LogP) is 2.58. The minimum atomic E-state index is 0.154. The first-order valence-electron chi connectivity index (χ1n) is 5.92. The number of nitrogens with one attached hydrogen (secondary N) is 1. The van der Waals surface area contributed by atoms with Gasteiger partial charge in [-0.3, -0.25) is 5.43 Å². The summed E-state index contributed by atoms with van der Waals surface area (Å²) in [6, 6.07) is 18.1. The highest BCUT2D eigenvalue weighted by atomic mass is 32.1. The van der Waals surface area contributed by atoms with E-state index in [0.717, 1.165) is 16.8 Å². The molecule has 0 aliphatic rings. The summed E-state index contributed by atoms with van der Waals surface area (Å²) in [6.45, 7) is 2.05. The molecule has 3 nitrogen and oxygen atoms in total. The molecule has 0 amide bonds. The Morgan fingerprint density at radius 1 is 1.05 bits per heavy atom. The third-order valence-electron chi connectivity index (χ3n) is 2.62. The molecule has 0 spiro atoms. The van der Waals surface area contributed by atoms with Gasteiger partial charge in [-0.1, -0.05) is 54.1 Å². The summed E-state index contributed by atoms with van der Waals surface area (Å²) in [5, 5.41) is 4.46. The Morgan fingerprint density at radius 2 is 1.74 bits per heavy atom. The molecule has 0 aliphatic heterocycles. The smallest absolute Gasteiger partial charge is 0.184 e. The molecule has 2 aromatic carbocycles. The van der Waals surface area contributed by atoms with Gasteiger partial charge in [0, 0.05) is 11.1 Å². The fourth-order valence-electron chi connectivity index (χ4n) is 1.80. The van der Waals surface area contributed by atoms with Crippen LogP contribution in [-0.2, 0) is 0 Å². The van der Waals surface area contributed by atoms with Crippen LogP contribution in [0.1, 0.15) is 16.7 Å². The van der Waals surface area contributed by atoms with Gasteiger partial charge in [-0.05, 0) is 25.2 Å². The van der Waals surface area contributed by atoms with Crippen LogP contribution >= 0.6 is 12.2 Å². The molecule has 0 atom stereocenters. The van der Waals surface area contributed by atoms with E-state index in [2.05, 4.69) is 16.6 Å². The number of benzene rings is 2. The van der Waals surface area contributed by atoms with Crippen molar-refractivity contribution >= 4 is 23.0 Å². The number of hydrogen-bond acceptors (Lipinski definition) is 2. The first-order valence-corrected chi connectivity index (χ1v) is 6.33. The number of thiocarbonyl (C=S) groups is 1. The fraction of sp³-hybridized carbons (Fsp3) is 0.0667. The van der Waals surface area contributed by atoms with Gasteiger partial charge in [0.25, 0.3) is 0 Å². The lowest BCUT2D eigenvalue weighted by molar-refractivity contribution is 1.03. The summed E-state index contributed by atoms with van der Waals surface area (Å²) < 4.78 is 0. The highest BCUT2D eigenvalue weighted by Gasteiger charge is 2.07. The lowest BCUT2D eigenvalue weighted by Crippen LogP contribution is -2.26. The van der Waals surface area contributed by atoms with Crippen molar-refractivity contribution in [1.29, 1.82) is 0 Å². The largest absolute Gasteiger partial charge is 0.375 e. The van der Waals surface area contributed by atoms with Crippen molar-refractivity contribution < 1.29 is 0 Å². The minimum Gasteiger partial charge on any atom is -0.375 e. The van der Waals surface area contributed by atoms with Crippen LogP contribution in [0.15, 0.2) is 59.7 Å². The Balaban J connectivity index is 2.46. The van der Waals surface area contributed by atoms with E-state index in [1.54, 1.807) is 0 Å². The zero-order valence-corrected chi connectivity index (χ0v) is 11.4. The SMILES string of the molecule is Cc1cccc(C(=NNC(N)=S)c2ccccc2)c1. The number of rotatable bonds is 3. The number of nitrogens with two attached hydrogens (primary N) is 1. The maximum absolute atomic E-state index is 5.44. The van der Waals surface area contributed by atoms with Crippen LogP contribution in [-0.4, -0.2) is 10.8 Å². The summed E-state index contributed by atoms with van der Waals surface area (Å²) >= 11 is 4.80. The Hall–Kier alpha value is -2.20. The molecule has 0 bridgehead atoms. The summed E-state index contributed by atoms with van der Waals surface area (Å²) in [7, 11) is 0. The number of aryl methyl sites for hydroxylation is 1. The Bertz CT molecular complexity index is 606. The molecule has 0 saturated carbocycles. The van der Waals surface area contributed by atoms with Gasteiger partial charge in [0.15, 0.2) is 5.11 Å². The van der Waals surface area contributed by atoms with Crippen LogP contribution in [0, 0.1) is 6.92 Å². The fourth-order valence-corrected chi connectivity index (χ4v) is 1.84. The van der Waals surface area contributed by atoms with Crippen LogP contribution in [0.5, 0.6) is 0 Å². The molecule has 19 heavy (non-hydrogen) atoms. The maximum atomic E-state index is 5.44. The molecule has 0 heterocycles. The lowest BCUT2D eigenvalue weighted by Gasteiger charge is -2.08. The Kier molecular flexibility index (Phi) is 4.26. The van der Waals surface area contributed by atoms with Crippen LogP contribution < -0.4 is 11.2 Å². The second-order valence-electron chi connectivity index (χ2n) is 4.17. The topological polar surface area (TPSA) is 50.4 Å². The van der Waals surface area contributed by atoms with Crippen molar-refractivity contribution in [2.24, 2.45) is 10.8 Å². The summed E-state index contributed by atoms with van der Waals surface area (Å²) in [4.78, 5) is 0. The average Bonchev–Trinajstić information content (AvgIpc) is 2.40. The highest BCUT2D eigenvalue weighted by molar-refractivity contribution is 7.80. The summed E-state index contributed by atoms with van der Waals surface area (Å²) in [5.41, 5.74) is 12.1. The normalized spacial score (nSPS) is 11.1. The molecule has 0 radical (unpaired) electrons. The van der Waals surface area contributed by atoms with Crippen LogP contribution in [0.4, 0.5) is 0 Å². The molecule has 0 saturated heterocycles. The van der Waals surface area contributed by atoms with Gasteiger partial charge >= 0.3 is 0 Å². The Morgan fingerprint density at radius 3 is 2.37 bits per heavy atom. The van der Waals surface area contributed by atoms with Gasteiger partial charge in [0.1, 0.15) is 0 Å². The molecule has 0 fully saturated rings. The van der Waals surface area contributed by atoms with Crippen molar-refractivity contribution in [3.05, 3.63) is 71.3 Å². The lowest BCUT2D eigenvalue weighted by atomic mass is 10.0. The third kappa shape index (κ3) is 3.63. The van der Waals surface area contributed by atoms with E-state index in [0.29, 0.717) is 0 Å². The first kappa shape index (κ1) is 13.2. The molecule has 0 aromatic heterocycles. The van der Waals surface area contributed by atoms with E-state index >= 15 is 0 Å².